The van der Waals surface area contributed by atoms with Gasteiger partial charge in [-0.15, -0.1) is 0 Å². The molecule has 20 heavy (non-hydrogen) atoms. The molecule has 1 fully saturated rings. The van der Waals surface area contributed by atoms with E-state index < -0.39 is 30.7 Å². The van der Waals surface area contributed by atoms with Crippen molar-refractivity contribution in [1.82, 2.24) is 5.32 Å². The van der Waals surface area contributed by atoms with Crippen molar-refractivity contribution in [1.29, 1.82) is 0 Å². The minimum atomic E-state index is -1.60. The van der Waals surface area contributed by atoms with Crippen LogP contribution >= 0.6 is 0 Å². The van der Waals surface area contributed by atoms with Crippen LogP contribution in [-0.2, 0) is 4.74 Å². The van der Waals surface area contributed by atoms with Crippen LogP contribution in [0.4, 0.5) is 0 Å². The molecule has 110 valence electrons. The third-order valence-electron chi connectivity index (χ3n) is 3.19. The lowest BCUT2D eigenvalue weighted by Crippen LogP contribution is -2.59. The van der Waals surface area contributed by atoms with Gasteiger partial charge in [-0.2, -0.15) is 0 Å². The van der Waals surface area contributed by atoms with Crippen LogP contribution in [0.3, 0.4) is 0 Å². The fraction of sp³-hybridized carbons (Fsp3) is 0.462. The second-order valence-electron chi connectivity index (χ2n) is 4.61. The summed E-state index contributed by atoms with van der Waals surface area (Å²) in [6.07, 6.45) is -7.11. The van der Waals surface area contributed by atoms with E-state index in [4.69, 9.17) is 4.74 Å². The van der Waals surface area contributed by atoms with E-state index in [1.54, 1.807) is 30.3 Å². The topological polar surface area (TPSA) is 119 Å². The summed E-state index contributed by atoms with van der Waals surface area (Å²) in [6, 6.07) is 8.45. The molecule has 1 heterocycles. The zero-order valence-corrected chi connectivity index (χ0v) is 10.6. The Morgan fingerprint density at radius 1 is 1.05 bits per heavy atom. The van der Waals surface area contributed by atoms with Crippen molar-refractivity contribution >= 4 is 5.91 Å². The maximum absolute atomic E-state index is 11.8. The summed E-state index contributed by atoms with van der Waals surface area (Å²) in [5, 5.41) is 40.4. The van der Waals surface area contributed by atoms with Crippen molar-refractivity contribution in [3.63, 3.8) is 0 Å². The summed E-state index contributed by atoms with van der Waals surface area (Å²) in [5.74, 6) is -0.364. The number of carbonyl (C=O) groups excluding carboxylic acids is 1. The summed E-state index contributed by atoms with van der Waals surface area (Å²) in [4.78, 5) is 11.8. The molecule has 1 aliphatic heterocycles. The molecule has 1 aliphatic rings. The molecule has 5 atom stereocenters. The van der Waals surface area contributed by atoms with Crippen molar-refractivity contribution in [2.45, 2.75) is 30.7 Å². The van der Waals surface area contributed by atoms with E-state index in [1.807, 2.05) is 0 Å². The van der Waals surface area contributed by atoms with Crippen LogP contribution in [0.15, 0.2) is 30.3 Å². The highest BCUT2D eigenvalue weighted by Gasteiger charge is 2.42. The van der Waals surface area contributed by atoms with Gasteiger partial charge in [-0.25, -0.2) is 0 Å². The lowest BCUT2D eigenvalue weighted by atomic mass is 9.99. The second-order valence-corrected chi connectivity index (χ2v) is 4.61. The van der Waals surface area contributed by atoms with Crippen LogP contribution in [0.5, 0.6) is 0 Å². The van der Waals surface area contributed by atoms with Gasteiger partial charge in [0, 0.05) is 12.1 Å². The van der Waals surface area contributed by atoms with Gasteiger partial charge in [0.1, 0.15) is 24.4 Å². The first kappa shape index (κ1) is 14.9. The van der Waals surface area contributed by atoms with Crippen LogP contribution < -0.4 is 5.32 Å². The number of amides is 1. The average molecular weight is 283 g/mol. The van der Waals surface area contributed by atoms with Crippen molar-refractivity contribution in [3.05, 3.63) is 35.9 Å². The van der Waals surface area contributed by atoms with Gasteiger partial charge < -0.3 is 30.5 Å². The molecule has 1 saturated heterocycles. The lowest BCUT2D eigenvalue weighted by Gasteiger charge is -2.38. The van der Waals surface area contributed by atoms with Gasteiger partial charge in [-0.3, -0.25) is 4.79 Å². The van der Waals surface area contributed by atoms with Crippen LogP contribution in [0.25, 0.3) is 0 Å². The molecule has 5 N–H and O–H groups in total. The summed E-state index contributed by atoms with van der Waals surface area (Å²) in [5.41, 5.74) is 0.443. The fourth-order valence-corrected chi connectivity index (χ4v) is 1.98. The summed E-state index contributed by atoms with van der Waals surface area (Å²) < 4.78 is 4.95. The lowest BCUT2D eigenvalue weighted by molar-refractivity contribution is -0.279. The van der Waals surface area contributed by atoms with E-state index in [0.29, 0.717) is 5.56 Å². The summed E-state index contributed by atoms with van der Waals surface area (Å²) >= 11 is 0. The average Bonchev–Trinajstić information content (AvgIpc) is 2.48. The SMILES string of the molecule is O=C(NC[C@H]1OC(O)[C@@H](O)C(O)[C@@H]1O)c1ccccc1. The maximum Gasteiger partial charge on any atom is 0.251 e. The number of benzene rings is 1. The first-order valence-electron chi connectivity index (χ1n) is 6.21. The van der Waals surface area contributed by atoms with Crippen LogP contribution in [0, 0.1) is 0 Å². The van der Waals surface area contributed by atoms with E-state index in [0.717, 1.165) is 0 Å². The number of rotatable bonds is 3. The highest BCUT2D eigenvalue weighted by molar-refractivity contribution is 5.94. The number of nitrogens with one attached hydrogen (secondary N) is 1. The Kier molecular flexibility index (Phi) is 4.69. The minimum Gasteiger partial charge on any atom is -0.388 e. The van der Waals surface area contributed by atoms with Crippen LogP contribution in [0.2, 0.25) is 0 Å². The largest absolute Gasteiger partial charge is 0.388 e. The number of hydrogen-bond donors (Lipinski definition) is 5. The molecule has 1 aromatic rings. The fourth-order valence-electron chi connectivity index (χ4n) is 1.98. The summed E-state index contributed by atoms with van der Waals surface area (Å²) in [7, 11) is 0. The molecular weight excluding hydrogens is 266 g/mol. The van der Waals surface area contributed by atoms with E-state index in [2.05, 4.69) is 5.32 Å². The molecule has 2 unspecified atom stereocenters. The van der Waals surface area contributed by atoms with E-state index in [-0.39, 0.29) is 12.5 Å². The smallest absolute Gasteiger partial charge is 0.251 e. The van der Waals surface area contributed by atoms with Gasteiger partial charge in [0.2, 0.25) is 0 Å². The van der Waals surface area contributed by atoms with E-state index >= 15 is 0 Å². The van der Waals surface area contributed by atoms with Gasteiger partial charge in [0.25, 0.3) is 5.91 Å². The molecule has 7 nitrogen and oxygen atoms in total. The van der Waals surface area contributed by atoms with Crippen molar-refractivity contribution < 1.29 is 30.0 Å². The number of ether oxygens (including phenoxy) is 1. The Bertz CT molecular complexity index is 453. The zero-order valence-electron chi connectivity index (χ0n) is 10.6. The minimum absolute atomic E-state index is 0.101. The maximum atomic E-state index is 11.8. The van der Waals surface area contributed by atoms with Crippen LogP contribution in [-0.4, -0.2) is 63.6 Å². The standard InChI is InChI=1S/C13H17NO6/c15-9-8(20-13(19)11(17)10(9)16)6-14-12(18)7-4-2-1-3-5-7/h1-5,8-11,13,15-17,19H,6H2,(H,14,18)/t8-,9-,10?,11+,13?/m1/s1. The van der Waals surface area contributed by atoms with Crippen LogP contribution in [0.1, 0.15) is 10.4 Å². The highest BCUT2D eigenvalue weighted by Crippen LogP contribution is 2.19. The van der Waals surface area contributed by atoms with Gasteiger partial charge >= 0.3 is 0 Å². The Hall–Kier alpha value is -1.51. The molecule has 0 bridgehead atoms. The predicted octanol–water partition coefficient (Wildman–Crippen LogP) is -1.78. The third-order valence-corrected chi connectivity index (χ3v) is 3.19. The highest BCUT2D eigenvalue weighted by atomic mass is 16.6. The van der Waals surface area contributed by atoms with Crippen molar-refractivity contribution in [2.24, 2.45) is 0 Å². The predicted molar refractivity (Wildman–Crippen MR) is 67.7 cm³/mol. The molecule has 0 radical (unpaired) electrons. The molecule has 0 saturated carbocycles. The number of carbonyl (C=O) groups is 1. The first-order chi connectivity index (χ1) is 9.50. The van der Waals surface area contributed by atoms with Gasteiger partial charge in [0.05, 0.1) is 0 Å². The van der Waals surface area contributed by atoms with E-state index in [1.165, 1.54) is 0 Å². The van der Waals surface area contributed by atoms with Gasteiger partial charge in [0.15, 0.2) is 6.29 Å². The quantitative estimate of drug-likeness (QED) is 0.447. The Balaban J connectivity index is 1.92. The molecule has 0 aliphatic carbocycles. The molecule has 7 heteroatoms. The molecule has 1 aromatic carbocycles. The normalized spacial score (nSPS) is 33.7. The molecule has 0 aromatic heterocycles. The monoisotopic (exact) mass is 283 g/mol. The zero-order chi connectivity index (χ0) is 14.7. The molecule has 1 amide bonds. The Morgan fingerprint density at radius 3 is 2.35 bits per heavy atom. The molecular formula is C13H17NO6. The number of hydrogen-bond acceptors (Lipinski definition) is 6. The van der Waals surface area contributed by atoms with E-state index in [9.17, 15) is 25.2 Å². The number of aliphatic hydroxyl groups excluding tert-OH is 4. The molecule has 0 spiro atoms. The third kappa shape index (κ3) is 3.14. The van der Waals surface area contributed by atoms with Crippen molar-refractivity contribution in [3.8, 4) is 0 Å². The summed E-state index contributed by atoms with van der Waals surface area (Å²) in [6.45, 7) is -0.101. The molecule has 2 rings (SSSR count). The van der Waals surface area contributed by atoms with Gasteiger partial charge in [-0.05, 0) is 12.1 Å². The number of aliphatic hydroxyl groups is 4. The van der Waals surface area contributed by atoms with Gasteiger partial charge in [-0.1, -0.05) is 18.2 Å². The second kappa shape index (κ2) is 6.29. The Morgan fingerprint density at radius 2 is 1.70 bits per heavy atom. The van der Waals surface area contributed by atoms with Crippen molar-refractivity contribution in [2.75, 3.05) is 6.54 Å². The Labute approximate surface area is 115 Å². The first-order valence-corrected chi connectivity index (χ1v) is 6.21.